The topological polar surface area (TPSA) is 124 Å². The lowest BCUT2D eigenvalue weighted by atomic mass is 9.60. The first-order valence-corrected chi connectivity index (χ1v) is 18.2. The van der Waals surface area contributed by atoms with Crippen LogP contribution < -0.4 is 0 Å². The largest absolute Gasteiger partial charge is 0.550 e. The first kappa shape index (κ1) is 37.1. The van der Waals surface area contributed by atoms with E-state index in [-0.39, 0.29) is 28.7 Å². The van der Waals surface area contributed by atoms with Crippen LogP contribution >= 0.6 is 0 Å². The third-order valence-electron chi connectivity index (χ3n) is 10.8. The van der Waals surface area contributed by atoms with Gasteiger partial charge in [0, 0.05) is 0 Å². The molecule has 0 unspecified atom stereocenters. The van der Waals surface area contributed by atoms with Gasteiger partial charge in [0.2, 0.25) is 0 Å². The highest BCUT2D eigenvalue weighted by Crippen LogP contribution is 2.49. The van der Waals surface area contributed by atoms with Gasteiger partial charge in [0.05, 0.1) is 11.1 Å². The molecule has 2 fully saturated rings. The molecule has 276 valence electrons. The van der Waals surface area contributed by atoms with Crippen LogP contribution in [-0.2, 0) is 29.0 Å². The number of ether oxygens (including phenoxy) is 2. The molecule has 2 saturated carbocycles. The van der Waals surface area contributed by atoms with Crippen LogP contribution in [0, 0.1) is 17.3 Å². The molecule has 53 heavy (non-hydrogen) atoms. The van der Waals surface area contributed by atoms with Crippen molar-refractivity contribution < 1.29 is 48.2 Å². The van der Waals surface area contributed by atoms with E-state index in [0.717, 1.165) is 47.9 Å². The summed E-state index contributed by atoms with van der Waals surface area (Å²) in [6.45, 7) is 4.57. The predicted molar refractivity (Wildman–Crippen MR) is 195 cm³/mol. The molecule has 0 aromatic heterocycles. The average molecular weight is 721 g/mol. The molecular formula is C43H44O10. The molecule has 10 heteroatoms. The van der Waals surface area contributed by atoms with Gasteiger partial charge in [-0.3, -0.25) is 0 Å². The Kier molecular flexibility index (Phi) is 12.1. The minimum atomic E-state index is -1.04. The Bertz CT molecular complexity index is 1690. The van der Waals surface area contributed by atoms with E-state index in [0.29, 0.717) is 37.5 Å². The summed E-state index contributed by atoms with van der Waals surface area (Å²) in [5.74, 6) is -0.727. The normalized spacial score (nSPS) is 20.0. The predicted octanol–water partition coefficient (Wildman–Crippen LogP) is 10.3. The number of carbonyl (C=O) groups is 4. The summed E-state index contributed by atoms with van der Waals surface area (Å²) in [4.78, 5) is 68.3. The Hall–Kier alpha value is -5.64. The van der Waals surface area contributed by atoms with Gasteiger partial charge in [-0.1, -0.05) is 98.8 Å². The molecule has 0 bridgehead atoms. The summed E-state index contributed by atoms with van der Waals surface area (Å²) in [7, 11) is 0. The number of rotatable bonds is 8. The van der Waals surface area contributed by atoms with Crippen molar-refractivity contribution in [1.29, 1.82) is 0 Å². The van der Waals surface area contributed by atoms with Crippen molar-refractivity contribution in [3.05, 3.63) is 120 Å². The fraction of sp³-hybridized carbons (Fsp3) is 0.349. The van der Waals surface area contributed by atoms with Gasteiger partial charge in [-0.15, -0.1) is 0 Å². The monoisotopic (exact) mass is 720 g/mol. The quantitative estimate of drug-likeness (QED) is 0.0987. The van der Waals surface area contributed by atoms with Crippen molar-refractivity contribution in [2.45, 2.75) is 77.4 Å². The van der Waals surface area contributed by atoms with Crippen molar-refractivity contribution in [3.8, 4) is 22.3 Å². The molecule has 0 atom stereocenters. The third kappa shape index (κ3) is 9.83. The molecule has 2 aliphatic carbocycles. The van der Waals surface area contributed by atoms with Gasteiger partial charge in [-0.05, 0) is 115 Å². The molecule has 0 aliphatic heterocycles. The Morgan fingerprint density at radius 2 is 0.755 bits per heavy atom. The van der Waals surface area contributed by atoms with Crippen molar-refractivity contribution in [2.24, 2.45) is 17.3 Å². The van der Waals surface area contributed by atoms with Gasteiger partial charge >= 0.3 is 24.2 Å². The van der Waals surface area contributed by atoms with Gasteiger partial charge < -0.3 is 9.47 Å². The molecule has 2 aliphatic rings. The maximum Gasteiger partial charge on any atom is 0.550 e. The molecule has 6 rings (SSSR count). The fourth-order valence-electron chi connectivity index (χ4n) is 7.59. The van der Waals surface area contributed by atoms with Gasteiger partial charge in [0.1, 0.15) is 12.2 Å². The van der Waals surface area contributed by atoms with E-state index in [4.69, 9.17) is 19.2 Å². The van der Waals surface area contributed by atoms with Crippen molar-refractivity contribution >= 4 is 24.2 Å². The summed E-state index contributed by atoms with van der Waals surface area (Å²) in [6.07, 6.45) is 3.50. The maximum atomic E-state index is 12.4. The van der Waals surface area contributed by atoms with E-state index in [1.165, 1.54) is 0 Å². The lowest BCUT2D eigenvalue weighted by Crippen LogP contribution is -2.39. The molecule has 0 saturated heterocycles. The van der Waals surface area contributed by atoms with Crippen molar-refractivity contribution in [1.82, 2.24) is 0 Å². The molecule has 0 radical (unpaired) electrons. The van der Waals surface area contributed by atoms with Gasteiger partial charge in [0.15, 0.2) is 0 Å². The van der Waals surface area contributed by atoms with Crippen LogP contribution in [0.5, 0.6) is 0 Å². The Labute approximate surface area is 309 Å². The number of hydrogen-bond acceptors (Lipinski definition) is 10. The minimum Gasteiger partial charge on any atom is -0.428 e. The second kappa shape index (κ2) is 17.3. The highest BCUT2D eigenvalue weighted by atomic mass is 17.2. The summed E-state index contributed by atoms with van der Waals surface area (Å²) in [6, 6.07) is 33.2. The molecule has 4 aromatic carbocycles. The van der Waals surface area contributed by atoms with Crippen LogP contribution in [0.3, 0.4) is 0 Å². The molecular weight excluding hydrogens is 676 g/mol. The lowest BCUT2D eigenvalue weighted by Gasteiger charge is -2.46. The zero-order chi connectivity index (χ0) is 37.2. The van der Waals surface area contributed by atoms with Gasteiger partial charge in [0.25, 0.3) is 0 Å². The smallest absolute Gasteiger partial charge is 0.428 e. The number of carbonyl (C=O) groups excluding carboxylic acids is 4. The first-order valence-electron chi connectivity index (χ1n) is 18.2. The number of benzene rings is 4. The van der Waals surface area contributed by atoms with Crippen LogP contribution in [0.2, 0.25) is 0 Å². The second-order valence-electron chi connectivity index (χ2n) is 14.3. The highest BCUT2D eigenvalue weighted by molar-refractivity contribution is 5.90. The Morgan fingerprint density at radius 1 is 0.434 bits per heavy atom. The van der Waals surface area contributed by atoms with E-state index in [2.05, 4.69) is 23.6 Å². The molecule has 10 nitrogen and oxygen atoms in total. The van der Waals surface area contributed by atoms with Gasteiger partial charge in [-0.2, -0.15) is 9.59 Å². The standard InChI is InChI=1S/C43H44O10/c1-43(2,35-21-25-37(26-22-35)48-41(46)52-50-39(44)33-17-13-31(14-18-33)29-9-5-3-6-10-29)36-23-27-38(28-24-36)49-42(47)53-51-40(45)34-19-15-32(16-20-34)30-11-7-4-8-12-30/h3-20,35-38H,21-28H2,1-2H3. The van der Waals surface area contributed by atoms with Gasteiger partial charge in [-0.25, -0.2) is 29.1 Å². The molecule has 0 heterocycles. The average Bonchev–Trinajstić information content (AvgIpc) is 3.20. The van der Waals surface area contributed by atoms with Crippen molar-refractivity contribution in [3.63, 3.8) is 0 Å². The van der Waals surface area contributed by atoms with Crippen LogP contribution in [0.4, 0.5) is 9.59 Å². The summed E-state index contributed by atoms with van der Waals surface area (Å²) >= 11 is 0. The molecule has 0 spiro atoms. The zero-order valence-corrected chi connectivity index (χ0v) is 29.9. The number of hydrogen-bond donors (Lipinski definition) is 0. The molecule has 4 aromatic rings. The van der Waals surface area contributed by atoms with E-state index in [1.807, 2.05) is 60.7 Å². The Balaban J connectivity index is 0.863. The minimum absolute atomic E-state index is 0.0220. The van der Waals surface area contributed by atoms with E-state index >= 15 is 0 Å². The fourth-order valence-corrected chi connectivity index (χ4v) is 7.59. The Morgan fingerprint density at radius 3 is 1.09 bits per heavy atom. The van der Waals surface area contributed by atoms with Crippen LogP contribution in [0.25, 0.3) is 22.3 Å². The van der Waals surface area contributed by atoms with Crippen LogP contribution in [0.1, 0.15) is 85.9 Å². The molecule has 0 N–H and O–H groups in total. The third-order valence-corrected chi connectivity index (χ3v) is 10.8. The van der Waals surface area contributed by atoms with E-state index < -0.39 is 24.2 Å². The molecule has 0 amide bonds. The van der Waals surface area contributed by atoms with Crippen LogP contribution in [0.15, 0.2) is 109 Å². The summed E-state index contributed by atoms with van der Waals surface area (Å²) < 4.78 is 10.9. The summed E-state index contributed by atoms with van der Waals surface area (Å²) in [5.41, 5.74) is 4.46. The second-order valence-corrected chi connectivity index (χ2v) is 14.3. The summed E-state index contributed by atoms with van der Waals surface area (Å²) in [5, 5.41) is 0. The van der Waals surface area contributed by atoms with E-state index in [9.17, 15) is 19.2 Å². The maximum absolute atomic E-state index is 12.4. The van der Waals surface area contributed by atoms with Crippen molar-refractivity contribution in [2.75, 3.05) is 0 Å². The van der Waals surface area contributed by atoms with E-state index in [1.54, 1.807) is 48.5 Å². The zero-order valence-electron chi connectivity index (χ0n) is 29.9. The first-order chi connectivity index (χ1) is 25.7. The van der Waals surface area contributed by atoms with Crippen LogP contribution in [-0.4, -0.2) is 36.5 Å². The SMILES string of the molecule is CC(C)(C1CCC(OC(=O)OOC(=O)c2ccc(-c3ccccc3)cc2)CC1)C1CCC(OC(=O)OOC(=O)c2ccc(-c3ccccc3)cc2)CC1. The highest BCUT2D eigenvalue weighted by Gasteiger charge is 2.41. The lowest BCUT2D eigenvalue weighted by molar-refractivity contribution is -0.209.